The number of nitrogens with one attached hydrogen (secondary N) is 2. The van der Waals surface area contributed by atoms with E-state index < -0.39 is 46.9 Å². The zero-order chi connectivity index (χ0) is 35.9. The molecule has 7 rings (SSSR count). The number of aliphatic hydroxyl groups is 1. The smallest absolute Gasteiger partial charge is 0.265 e. The number of benzene rings is 4. The van der Waals surface area contributed by atoms with Gasteiger partial charge in [0.05, 0.1) is 12.7 Å². The molecule has 1 aliphatic carbocycles. The van der Waals surface area contributed by atoms with Gasteiger partial charge in [0.2, 0.25) is 5.91 Å². The highest BCUT2D eigenvalue weighted by Crippen LogP contribution is 2.59. The third-order valence-electron chi connectivity index (χ3n) is 10.7. The Bertz CT molecular complexity index is 1950. The molecule has 4 aromatic carbocycles. The van der Waals surface area contributed by atoms with Crippen LogP contribution in [-0.4, -0.2) is 48.1 Å². The fraction of sp³-hybridized carbons (Fsp3) is 0.341. The van der Waals surface area contributed by atoms with E-state index in [2.05, 4.69) is 10.6 Å². The molecule has 1 spiro atoms. The summed E-state index contributed by atoms with van der Waals surface area (Å²) in [4.78, 5) is 47.5. The molecule has 1 saturated heterocycles. The van der Waals surface area contributed by atoms with Crippen molar-refractivity contribution in [2.45, 2.75) is 75.9 Å². The van der Waals surface area contributed by atoms with Gasteiger partial charge in [0.25, 0.3) is 5.91 Å². The average molecular weight is 708 g/mol. The zero-order valence-electron chi connectivity index (χ0n) is 28.9. The number of aryl methyl sites for hydroxylation is 1. The molecule has 2 fully saturated rings. The number of hydrogen-bond acceptors (Lipinski definition) is 7. The molecule has 2 aliphatic heterocycles. The predicted octanol–water partition coefficient (Wildman–Crippen LogP) is 6.65. The molecule has 4 aromatic rings. The number of nitrogens with zero attached hydrogens (tertiary/aromatic N) is 1. The van der Waals surface area contributed by atoms with Gasteiger partial charge in [-0.15, -0.1) is 0 Å². The van der Waals surface area contributed by atoms with Crippen LogP contribution in [0.1, 0.15) is 72.1 Å². The van der Waals surface area contributed by atoms with Crippen LogP contribution in [0.3, 0.4) is 0 Å². The Morgan fingerprint density at radius 1 is 0.961 bits per heavy atom. The van der Waals surface area contributed by atoms with Crippen molar-refractivity contribution in [1.82, 2.24) is 10.6 Å². The van der Waals surface area contributed by atoms with Gasteiger partial charge in [-0.1, -0.05) is 91.0 Å². The van der Waals surface area contributed by atoms with E-state index in [4.69, 9.17) is 21.1 Å². The lowest BCUT2D eigenvalue weighted by Crippen LogP contribution is -2.71. The number of ether oxygens (including phenoxy) is 2. The van der Waals surface area contributed by atoms with Crippen molar-refractivity contribution in [3.05, 3.63) is 124 Å². The maximum absolute atomic E-state index is 15.7. The fourth-order valence-electron chi connectivity index (χ4n) is 8.15. The van der Waals surface area contributed by atoms with Crippen LogP contribution in [0, 0.1) is 12.3 Å². The summed E-state index contributed by atoms with van der Waals surface area (Å²) in [5.41, 5.74) is -2.68. The van der Waals surface area contributed by atoms with Crippen LogP contribution in [0.5, 0.6) is 11.5 Å². The van der Waals surface area contributed by atoms with Gasteiger partial charge in [-0.2, -0.15) is 0 Å². The summed E-state index contributed by atoms with van der Waals surface area (Å²) >= 11 is 6.51. The number of ketones is 1. The van der Waals surface area contributed by atoms with Gasteiger partial charge in [0.1, 0.15) is 17.5 Å². The second-order valence-electron chi connectivity index (χ2n) is 13.8. The summed E-state index contributed by atoms with van der Waals surface area (Å²) in [7, 11) is 1.52. The fourth-order valence-corrected chi connectivity index (χ4v) is 8.33. The van der Waals surface area contributed by atoms with Gasteiger partial charge in [-0.05, 0) is 80.3 Å². The van der Waals surface area contributed by atoms with Crippen molar-refractivity contribution in [2.75, 3.05) is 12.0 Å². The lowest BCUT2D eigenvalue weighted by atomic mass is 9.60. The predicted molar refractivity (Wildman–Crippen MR) is 195 cm³/mol. The SMILES string of the molecule is COc1ccc([C@@]2(O)C(=O)N(c3cccc(Cl)c3)[C@H](C(=O)NC3CCCCC3)[C@@]23C(=O)c2cc(C)ccc2O[C@@H]3N[C@@H](C)c2ccccc2)cc1. The summed E-state index contributed by atoms with van der Waals surface area (Å²) in [5.74, 6) is -1.24. The van der Waals surface area contributed by atoms with Crippen molar-refractivity contribution >= 4 is 34.9 Å². The van der Waals surface area contributed by atoms with Crippen molar-refractivity contribution in [2.24, 2.45) is 5.41 Å². The highest BCUT2D eigenvalue weighted by atomic mass is 35.5. The molecule has 1 saturated carbocycles. The van der Waals surface area contributed by atoms with Crippen LogP contribution in [0.2, 0.25) is 5.02 Å². The summed E-state index contributed by atoms with van der Waals surface area (Å²) in [6.07, 6.45) is 3.10. The first kappa shape index (κ1) is 34.7. The molecular weight excluding hydrogens is 666 g/mol. The van der Waals surface area contributed by atoms with Crippen LogP contribution < -0.4 is 25.0 Å². The van der Waals surface area contributed by atoms with Gasteiger partial charge in [-0.25, -0.2) is 0 Å². The summed E-state index contributed by atoms with van der Waals surface area (Å²) in [5, 5.41) is 20.5. The molecule has 0 radical (unpaired) electrons. The van der Waals surface area contributed by atoms with Crippen LogP contribution >= 0.6 is 11.6 Å². The minimum absolute atomic E-state index is 0.112. The molecular formula is C41H42ClN3O6. The van der Waals surface area contributed by atoms with Gasteiger partial charge in [0.15, 0.2) is 23.0 Å². The number of rotatable bonds is 8. The first-order valence-electron chi connectivity index (χ1n) is 17.5. The molecule has 10 heteroatoms. The summed E-state index contributed by atoms with van der Waals surface area (Å²) < 4.78 is 12.2. The standard InChI is InChI=1S/C41H42ClN3O6/c1-25-17-22-34-33(23-25)36(46)40(38(51-34)43-26(2)27-11-6-4-7-12-27)35(37(47)44-30-14-8-5-9-15-30)45(31-16-10-13-29(42)24-31)39(48)41(40,49)28-18-20-32(50-3)21-19-28/h4,6-7,10-13,16-24,26,30,35,38,43,49H,5,8-9,14-15H2,1-3H3,(H,44,47)/t26-,35+,38-,40-,41+/m0/s1. The number of hydrogen-bond donors (Lipinski definition) is 3. The van der Waals surface area contributed by atoms with E-state index in [1.54, 1.807) is 60.7 Å². The quantitative estimate of drug-likeness (QED) is 0.188. The monoisotopic (exact) mass is 707 g/mol. The molecule has 5 atom stereocenters. The van der Waals surface area contributed by atoms with Crippen LogP contribution in [-0.2, 0) is 15.2 Å². The second-order valence-corrected chi connectivity index (χ2v) is 14.3. The maximum atomic E-state index is 15.7. The first-order valence-corrected chi connectivity index (χ1v) is 17.9. The minimum Gasteiger partial charge on any atom is -0.497 e. The number of Topliss-reactive ketones (excluding diaryl/α,β-unsaturated/α-hetero) is 1. The molecule has 0 unspecified atom stereocenters. The molecule has 0 bridgehead atoms. The number of carbonyl (C=O) groups is 3. The summed E-state index contributed by atoms with van der Waals surface area (Å²) in [6.45, 7) is 3.76. The normalized spacial score (nSPS) is 25.3. The van der Waals surface area contributed by atoms with Crippen LogP contribution in [0.15, 0.2) is 97.1 Å². The van der Waals surface area contributed by atoms with E-state index in [0.717, 1.165) is 43.2 Å². The van der Waals surface area contributed by atoms with Crippen LogP contribution in [0.25, 0.3) is 0 Å². The average Bonchev–Trinajstić information content (AvgIpc) is 3.36. The number of halogens is 1. The largest absolute Gasteiger partial charge is 0.497 e. The molecule has 3 aliphatic rings. The number of anilines is 1. The van der Waals surface area contributed by atoms with Gasteiger partial charge < -0.3 is 19.9 Å². The minimum atomic E-state index is -2.62. The van der Waals surface area contributed by atoms with Crippen molar-refractivity contribution in [3.8, 4) is 11.5 Å². The van der Waals surface area contributed by atoms with Gasteiger partial charge in [0, 0.05) is 22.8 Å². The molecule has 3 N–H and O–H groups in total. The van der Waals surface area contributed by atoms with E-state index in [1.807, 2.05) is 50.2 Å². The molecule has 9 nitrogen and oxygen atoms in total. The summed E-state index contributed by atoms with van der Waals surface area (Å²) in [6, 6.07) is 25.6. The number of fused-ring (bicyclic) bond motifs is 1. The van der Waals surface area contributed by atoms with Crippen molar-refractivity contribution < 1.29 is 29.0 Å². The lowest BCUT2D eigenvalue weighted by molar-refractivity contribution is -0.157. The van der Waals surface area contributed by atoms with Crippen molar-refractivity contribution in [1.29, 1.82) is 0 Å². The highest BCUT2D eigenvalue weighted by Gasteiger charge is 2.80. The van der Waals surface area contributed by atoms with E-state index in [1.165, 1.54) is 12.0 Å². The molecule has 0 aromatic heterocycles. The Hall–Kier alpha value is -4.70. The number of methoxy groups -OCH3 is 1. The van der Waals surface area contributed by atoms with E-state index >= 15 is 14.4 Å². The second kappa shape index (κ2) is 13.8. The van der Waals surface area contributed by atoms with Gasteiger partial charge in [-0.3, -0.25) is 24.6 Å². The Kier molecular flexibility index (Phi) is 9.39. The van der Waals surface area contributed by atoms with Gasteiger partial charge >= 0.3 is 0 Å². The molecule has 2 heterocycles. The topological polar surface area (TPSA) is 117 Å². The molecule has 51 heavy (non-hydrogen) atoms. The Balaban J connectivity index is 1.53. The first-order chi connectivity index (χ1) is 24.6. The van der Waals surface area contributed by atoms with E-state index in [9.17, 15) is 5.11 Å². The molecule has 2 amide bonds. The van der Waals surface area contributed by atoms with E-state index in [0.29, 0.717) is 10.8 Å². The zero-order valence-corrected chi connectivity index (χ0v) is 29.7. The number of carbonyl (C=O) groups excluding carboxylic acids is 3. The maximum Gasteiger partial charge on any atom is 0.265 e. The number of amides is 2. The Morgan fingerprint density at radius 3 is 2.37 bits per heavy atom. The lowest BCUT2D eigenvalue weighted by Gasteiger charge is -2.49. The third kappa shape index (κ3) is 5.77. The van der Waals surface area contributed by atoms with Crippen molar-refractivity contribution in [3.63, 3.8) is 0 Å². The third-order valence-corrected chi connectivity index (χ3v) is 11.0. The highest BCUT2D eigenvalue weighted by molar-refractivity contribution is 6.31. The van der Waals surface area contributed by atoms with E-state index in [-0.39, 0.29) is 28.6 Å². The molecule has 264 valence electrons. The van der Waals surface area contributed by atoms with Crippen LogP contribution in [0.4, 0.5) is 5.69 Å². The Labute approximate surface area is 302 Å². The Morgan fingerprint density at radius 2 is 1.69 bits per heavy atom.